The number of carboxylic acid groups (broad SMARTS) is 1. The summed E-state index contributed by atoms with van der Waals surface area (Å²) in [5, 5.41) is 21.0. The lowest BCUT2D eigenvalue weighted by molar-refractivity contribution is 0.0586. The maximum atomic E-state index is 13.2. The van der Waals surface area contributed by atoms with Crippen molar-refractivity contribution in [2.45, 2.75) is 32.7 Å². The Hall–Kier alpha value is -1.62. The number of aliphatic hydroxyl groups excluding tert-OH is 1. The Kier molecular flexibility index (Phi) is 4.52. The first-order chi connectivity index (χ1) is 8.70. The van der Waals surface area contributed by atoms with Gasteiger partial charge in [-0.3, -0.25) is 0 Å². The predicted molar refractivity (Wildman–Crippen MR) is 70.5 cm³/mol. The first-order valence-electron chi connectivity index (χ1n) is 6.06. The molecule has 0 bridgehead atoms. The van der Waals surface area contributed by atoms with E-state index in [4.69, 9.17) is 5.11 Å². The molecule has 0 aliphatic carbocycles. The van der Waals surface area contributed by atoms with Gasteiger partial charge in [0.15, 0.2) is 0 Å². The zero-order valence-corrected chi connectivity index (χ0v) is 11.4. The molecule has 1 aromatic carbocycles. The molecule has 0 spiro atoms. The maximum absolute atomic E-state index is 13.2. The summed E-state index contributed by atoms with van der Waals surface area (Å²) in [5.74, 6) is -0.381. The molecular formula is C14H20FNO3. The quantitative estimate of drug-likeness (QED) is 0.786. The fourth-order valence-corrected chi connectivity index (χ4v) is 2.03. The van der Waals surface area contributed by atoms with Crippen molar-refractivity contribution in [3.63, 3.8) is 0 Å². The summed E-state index contributed by atoms with van der Waals surface area (Å²) in [6, 6.07) is 5.95. The normalized spacial score (nSPS) is 14.8. The molecule has 3 N–H and O–H groups in total. The zero-order valence-electron chi connectivity index (χ0n) is 11.4. The number of benzene rings is 1. The summed E-state index contributed by atoms with van der Waals surface area (Å²) in [5.41, 5.74) is -0.947. The molecule has 0 aromatic heterocycles. The van der Waals surface area contributed by atoms with Gasteiger partial charge in [-0.25, -0.2) is 9.18 Å². The third kappa shape index (κ3) is 3.67. The molecule has 19 heavy (non-hydrogen) atoms. The summed E-state index contributed by atoms with van der Waals surface area (Å²) in [6.07, 6.45) is -0.989. The molecular weight excluding hydrogens is 249 g/mol. The number of carbonyl (C=O) groups is 1. The number of amides is 1. The molecule has 0 unspecified atom stereocenters. The van der Waals surface area contributed by atoms with Crippen molar-refractivity contribution in [1.82, 2.24) is 5.32 Å². The Morgan fingerprint density at radius 2 is 2.00 bits per heavy atom. The fourth-order valence-electron chi connectivity index (χ4n) is 2.03. The van der Waals surface area contributed by atoms with Crippen molar-refractivity contribution < 1.29 is 19.4 Å². The molecule has 1 rings (SSSR count). The third-order valence-electron chi connectivity index (χ3n) is 3.45. The summed E-state index contributed by atoms with van der Waals surface area (Å²) in [6.45, 7) is 5.13. The molecule has 5 heteroatoms. The van der Waals surface area contributed by atoms with Crippen LogP contribution in [0.4, 0.5) is 9.18 Å². The highest BCUT2D eigenvalue weighted by Crippen LogP contribution is 2.33. The van der Waals surface area contributed by atoms with E-state index in [2.05, 4.69) is 5.32 Å². The van der Waals surface area contributed by atoms with Crippen LogP contribution in [-0.4, -0.2) is 28.5 Å². The van der Waals surface area contributed by atoms with Crippen LogP contribution < -0.4 is 5.32 Å². The second kappa shape index (κ2) is 5.57. The van der Waals surface area contributed by atoms with Gasteiger partial charge in [0.2, 0.25) is 0 Å². The summed E-state index contributed by atoms with van der Waals surface area (Å²) in [7, 11) is 0. The monoisotopic (exact) mass is 269 g/mol. The molecule has 0 aliphatic heterocycles. The van der Waals surface area contributed by atoms with Gasteiger partial charge in [0.25, 0.3) is 0 Å². The Morgan fingerprint density at radius 1 is 1.37 bits per heavy atom. The van der Waals surface area contributed by atoms with E-state index in [0.717, 1.165) is 0 Å². The maximum Gasteiger partial charge on any atom is 0.405 e. The minimum Gasteiger partial charge on any atom is -0.465 e. The smallest absolute Gasteiger partial charge is 0.405 e. The van der Waals surface area contributed by atoms with Crippen molar-refractivity contribution in [3.05, 3.63) is 35.6 Å². The molecule has 106 valence electrons. The third-order valence-corrected chi connectivity index (χ3v) is 3.45. The van der Waals surface area contributed by atoms with Gasteiger partial charge in [0.05, 0.1) is 12.1 Å². The first-order valence-corrected chi connectivity index (χ1v) is 6.06. The van der Waals surface area contributed by atoms with E-state index in [1.807, 2.05) is 20.8 Å². The fraction of sp³-hybridized carbons (Fsp3) is 0.500. The van der Waals surface area contributed by atoms with Crippen LogP contribution in [0, 0.1) is 11.2 Å². The summed E-state index contributed by atoms with van der Waals surface area (Å²) >= 11 is 0. The van der Waals surface area contributed by atoms with Crippen molar-refractivity contribution in [1.29, 1.82) is 0 Å². The lowest BCUT2D eigenvalue weighted by Gasteiger charge is -2.43. The van der Waals surface area contributed by atoms with Gasteiger partial charge in [-0.05, 0) is 29.5 Å². The standard InChI is InChI=1S/C14H20FNO3/c1-13(2,3)14(9-17,16-12(18)19)8-10-5-4-6-11(15)7-10/h4-7,16-17H,8-9H2,1-3H3,(H,18,19)/t14-/m1/s1. The summed E-state index contributed by atoms with van der Waals surface area (Å²) < 4.78 is 13.2. The van der Waals surface area contributed by atoms with Crippen LogP contribution in [0.15, 0.2) is 24.3 Å². The van der Waals surface area contributed by atoms with Crippen LogP contribution in [0.1, 0.15) is 26.3 Å². The number of aliphatic hydroxyl groups is 1. The van der Waals surface area contributed by atoms with Crippen LogP contribution in [0.5, 0.6) is 0 Å². The number of hydrogen-bond acceptors (Lipinski definition) is 2. The minimum absolute atomic E-state index is 0.219. The van der Waals surface area contributed by atoms with Crippen LogP contribution in [-0.2, 0) is 6.42 Å². The molecule has 1 atom stereocenters. The van der Waals surface area contributed by atoms with E-state index in [1.54, 1.807) is 12.1 Å². The number of nitrogens with one attached hydrogen (secondary N) is 1. The Morgan fingerprint density at radius 3 is 2.42 bits per heavy atom. The van der Waals surface area contributed by atoms with Crippen LogP contribution in [0.3, 0.4) is 0 Å². The highest BCUT2D eigenvalue weighted by molar-refractivity contribution is 5.66. The molecule has 0 saturated carbocycles. The lowest BCUT2D eigenvalue weighted by atomic mass is 9.70. The molecule has 0 radical (unpaired) electrons. The lowest BCUT2D eigenvalue weighted by Crippen LogP contribution is -2.60. The number of rotatable bonds is 4. The van der Waals surface area contributed by atoms with Crippen LogP contribution >= 0.6 is 0 Å². The topological polar surface area (TPSA) is 69.6 Å². The van der Waals surface area contributed by atoms with Crippen molar-refractivity contribution in [2.24, 2.45) is 5.41 Å². The van der Waals surface area contributed by atoms with E-state index < -0.39 is 17.0 Å². The molecule has 1 aromatic rings. The average Bonchev–Trinajstić information content (AvgIpc) is 2.25. The molecule has 0 heterocycles. The second-order valence-electron chi connectivity index (χ2n) is 5.73. The van der Waals surface area contributed by atoms with Gasteiger partial charge in [0.1, 0.15) is 5.82 Å². The molecule has 0 fully saturated rings. The van der Waals surface area contributed by atoms with Crippen molar-refractivity contribution in [2.75, 3.05) is 6.61 Å². The van der Waals surface area contributed by atoms with Gasteiger partial charge in [-0.1, -0.05) is 32.9 Å². The molecule has 4 nitrogen and oxygen atoms in total. The predicted octanol–water partition coefficient (Wildman–Crippen LogP) is 2.41. The summed E-state index contributed by atoms with van der Waals surface area (Å²) in [4.78, 5) is 11.0. The number of hydrogen-bond donors (Lipinski definition) is 3. The molecule has 0 aliphatic rings. The van der Waals surface area contributed by atoms with Gasteiger partial charge in [-0.2, -0.15) is 0 Å². The highest BCUT2D eigenvalue weighted by atomic mass is 19.1. The first kappa shape index (κ1) is 15.4. The zero-order chi connectivity index (χ0) is 14.7. The number of halogens is 1. The average molecular weight is 269 g/mol. The van der Waals surface area contributed by atoms with Crippen molar-refractivity contribution >= 4 is 6.09 Å². The van der Waals surface area contributed by atoms with Crippen LogP contribution in [0.2, 0.25) is 0 Å². The van der Waals surface area contributed by atoms with Gasteiger partial charge < -0.3 is 15.5 Å². The van der Waals surface area contributed by atoms with Gasteiger partial charge in [0, 0.05) is 0 Å². The minimum atomic E-state index is -1.21. The largest absolute Gasteiger partial charge is 0.465 e. The van der Waals surface area contributed by atoms with Gasteiger partial charge >= 0.3 is 6.09 Å². The van der Waals surface area contributed by atoms with E-state index in [9.17, 15) is 14.3 Å². The van der Waals surface area contributed by atoms with Gasteiger partial charge in [-0.15, -0.1) is 0 Å². The van der Waals surface area contributed by atoms with E-state index in [-0.39, 0.29) is 18.8 Å². The highest BCUT2D eigenvalue weighted by Gasteiger charge is 2.43. The second-order valence-corrected chi connectivity index (χ2v) is 5.73. The Labute approximate surface area is 112 Å². The van der Waals surface area contributed by atoms with Crippen molar-refractivity contribution in [3.8, 4) is 0 Å². The Bertz CT molecular complexity index is 456. The SMILES string of the molecule is CC(C)(C)[C@](CO)(Cc1cccc(F)c1)NC(=O)O. The molecule has 0 saturated heterocycles. The van der Waals surface area contributed by atoms with E-state index >= 15 is 0 Å². The van der Waals surface area contributed by atoms with E-state index in [1.165, 1.54) is 12.1 Å². The molecule has 1 amide bonds. The van der Waals surface area contributed by atoms with Crippen LogP contribution in [0.25, 0.3) is 0 Å². The Balaban J connectivity index is 3.13. The van der Waals surface area contributed by atoms with E-state index in [0.29, 0.717) is 5.56 Å².